The topological polar surface area (TPSA) is 41.1 Å². The number of rotatable bonds is 6. The second kappa shape index (κ2) is 7.12. The minimum atomic E-state index is 0.120. The van der Waals surface area contributed by atoms with E-state index in [9.17, 15) is 4.79 Å². The summed E-state index contributed by atoms with van der Waals surface area (Å²) < 4.78 is 0. The van der Waals surface area contributed by atoms with Gasteiger partial charge < -0.3 is 10.6 Å². The molecule has 1 unspecified atom stereocenters. The Kier molecular flexibility index (Phi) is 6.03. The average Bonchev–Trinajstić information content (AvgIpc) is 2.67. The molecule has 3 nitrogen and oxygen atoms in total. The van der Waals surface area contributed by atoms with Gasteiger partial charge in [-0.15, -0.1) is 0 Å². The molecule has 0 aromatic heterocycles. The van der Waals surface area contributed by atoms with Gasteiger partial charge >= 0.3 is 0 Å². The zero-order valence-electron chi connectivity index (χ0n) is 8.84. The molecule has 2 N–H and O–H groups in total. The van der Waals surface area contributed by atoms with Crippen molar-refractivity contribution in [2.24, 2.45) is 0 Å². The molecule has 82 valence electrons. The van der Waals surface area contributed by atoms with E-state index in [2.05, 4.69) is 17.6 Å². The summed E-state index contributed by atoms with van der Waals surface area (Å²) in [4.78, 5) is 11.2. The van der Waals surface area contributed by atoms with Crippen molar-refractivity contribution in [3.05, 3.63) is 0 Å². The van der Waals surface area contributed by atoms with Gasteiger partial charge in [-0.05, 0) is 25.0 Å². The zero-order chi connectivity index (χ0) is 10.2. The summed E-state index contributed by atoms with van der Waals surface area (Å²) in [6.07, 6.45) is 3.64. The molecule has 1 aliphatic heterocycles. The first-order valence-corrected chi connectivity index (χ1v) is 6.47. The van der Waals surface area contributed by atoms with Crippen LogP contribution < -0.4 is 10.6 Å². The number of hydrogen-bond donors (Lipinski definition) is 2. The van der Waals surface area contributed by atoms with Crippen LogP contribution in [0.2, 0.25) is 0 Å². The van der Waals surface area contributed by atoms with Crippen LogP contribution >= 0.6 is 11.8 Å². The highest BCUT2D eigenvalue weighted by molar-refractivity contribution is 8.00. The van der Waals surface area contributed by atoms with E-state index in [1.165, 1.54) is 18.6 Å². The minimum Gasteiger partial charge on any atom is -0.355 e. The lowest BCUT2D eigenvalue weighted by molar-refractivity contribution is -0.120. The Morgan fingerprint density at radius 2 is 2.43 bits per heavy atom. The maximum absolute atomic E-state index is 11.2. The third kappa shape index (κ3) is 4.86. The quantitative estimate of drug-likeness (QED) is 0.696. The van der Waals surface area contributed by atoms with E-state index in [1.54, 1.807) is 0 Å². The van der Waals surface area contributed by atoms with Crippen LogP contribution in [-0.2, 0) is 4.79 Å². The predicted molar refractivity (Wildman–Crippen MR) is 61.7 cm³/mol. The fraction of sp³-hybridized carbons (Fsp3) is 0.900. The summed E-state index contributed by atoms with van der Waals surface area (Å²) in [7, 11) is 0. The normalized spacial score (nSPS) is 21.1. The molecule has 14 heavy (non-hydrogen) atoms. The molecule has 1 amide bonds. The molecule has 0 saturated carbocycles. The van der Waals surface area contributed by atoms with Crippen LogP contribution in [0, 0.1) is 0 Å². The lowest BCUT2D eigenvalue weighted by Crippen LogP contribution is -2.36. The summed E-state index contributed by atoms with van der Waals surface area (Å²) in [5.74, 6) is 1.41. The van der Waals surface area contributed by atoms with Crippen molar-refractivity contribution in [3.63, 3.8) is 0 Å². The third-order valence-electron chi connectivity index (χ3n) is 2.25. The van der Waals surface area contributed by atoms with Crippen molar-refractivity contribution in [1.82, 2.24) is 10.6 Å². The summed E-state index contributed by atoms with van der Waals surface area (Å²) >= 11 is 2.02. The van der Waals surface area contributed by atoms with Crippen molar-refractivity contribution in [1.29, 1.82) is 0 Å². The van der Waals surface area contributed by atoms with Crippen LogP contribution in [-0.4, -0.2) is 36.5 Å². The molecule has 1 saturated heterocycles. The van der Waals surface area contributed by atoms with Crippen LogP contribution in [0.15, 0.2) is 0 Å². The van der Waals surface area contributed by atoms with Gasteiger partial charge in [-0.25, -0.2) is 0 Å². The van der Waals surface area contributed by atoms with Crippen LogP contribution in [0.4, 0.5) is 0 Å². The standard InChI is InChI=1S/C10H20N2OS/c1-2-5-12-10(13)8-11-7-9-4-3-6-14-9/h9,11H,2-8H2,1H3,(H,12,13). The summed E-state index contributed by atoms with van der Waals surface area (Å²) in [5.41, 5.74) is 0. The third-order valence-corrected chi connectivity index (χ3v) is 3.65. The van der Waals surface area contributed by atoms with Crippen molar-refractivity contribution >= 4 is 17.7 Å². The summed E-state index contributed by atoms with van der Waals surface area (Å²) in [6.45, 7) is 4.29. The second-order valence-electron chi connectivity index (χ2n) is 3.62. The highest BCUT2D eigenvalue weighted by Crippen LogP contribution is 2.24. The molecule has 1 rings (SSSR count). The van der Waals surface area contributed by atoms with Gasteiger partial charge in [0.15, 0.2) is 0 Å². The van der Waals surface area contributed by atoms with Crippen molar-refractivity contribution in [2.75, 3.05) is 25.4 Å². The lowest BCUT2D eigenvalue weighted by atomic mass is 10.2. The van der Waals surface area contributed by atoms with Crippen LogP contribution in [0.3, 0.4) is 0 Å². The average molecular weight is 216 g/mol. The van der Waals surface area contributed by atoms with E-state index in [0.717, 1.165) is 24.8 Å². The van der Waals surface area contributed by atoms with Crippen molar-refractivity contribution < 1.29 is 4.79 Å². The van der Waals surface area contributed by atoms with Crippen molar-refractivity contribution in [3.8, 4) is 0 Å². The number of carbonyl (C=O) groups is 1. The number of amides is 1. The SMILES string of the molecule is CCCNC(=O)CNCC1CCCS1. The first-order chi connectivity index (χ1) is 6.83. The predicted octanol–water partition coefficient (Wildman–Crippen LogP) is 0.998. The van der Waals surface area contributed by atoms with Gasteiger partial charge in [0, 0.05) is 18.3 Å². The number of carbonyl (C=O) groups excluding carboxylic acids is 1. The summed E-state index contributed by atoms with van der Waals surface area (Å²) in [6, 6.07) is 0. The van der Waals surface area contributed by atoms with E-state index < -0.39 is 0 Å². The maximum atomic E-state index is 11.2. The Bertz CT molecular complexity index is 170. The van der Waals surface area contributed by atoms with E-state index in [-0.39, 0.29) is 5.91 Å². The lowest BCUT2D eigenvalue weighted by Gasteiger charge is -2.09. The Morgan fingerprint density at radius 1 is 1.57 bits per heavy atom. The van der Waals surface area contributed by atoms with E-state index in [0.29, 0.717) is 6.54 Å². The van der Waals surface area contributed by atoms with E-state index >= 15 is 0 Å². The van der Waals surface area contributed by atoms with Gasteiger partial charge in [0.25, 0.3) is 0 Å². The van der Waals surface area contributed by atoms with Gasteiger partial charge in [-0.2, -0.15) is 11.8 Å². The van der Waals surface area contributed by atoms with Crippen LogP contribution in [0.5, 0.6) is 0 Å². The molecule has 0 aromatic rings. The highest BCUT2D eigenvalue weighted by Gasteiger charge is 2.14. The molecule has 4 heteroatoms. The molecular formula is C10H20N2OS. The van der Waals surface area contributed by atoms with Gasteiger partial charge in [0.1, 0.15) is 0 Å². The Labute approximate surface area is 90.4 Å². The molecule has 0 radical (unpaired) electrons. The molecule has 1 fully saturated rings. The minimum absolute atomic E-state index is 0.120. The molecule has 0 aliphatic carbocycles. The monoisotopic (exact) mass is 216 g/mol. The van der Waals surface area contributed by atoms with E-state index in [1.807, 2.05) is 11.8 Å². The molecule has 0 aromatic carbocycles. The molecule has 1 heterocycles. The van der Waals surface area contributed by atoms with Crippen LogP contribution in [0.1, 0.15) is 26.2 Å². The Morgan fingerprint density at radius 3 is 3.07 bits per heavy atom. The van der Waals surface area contributed by atoms with Gasteiger partial charge in [0.05, 0.1) is 6.54 Å². The molecule has 0 spiro atoms. The first-order valence-electron chi connectivity index (χ1n) is 5.42. The molecule has 1 atom stereocenters. The second-order valence-corrected chi connectivity index (χ2v) is 5.02. The first kappa shape index (κ1) is 11.9. The van der Waals surface area contributed by atoms with Gasteiger partial charge in [0.2, 0.25) is 5.91 Å². The van der Waals surface area contributed by atoms with Crippen LogP contribution in [0.25, 0.3) is 0 Å². The Balaban J connectivity index is 1.94. The highest BCUT2D eigenvalue weighted by atomic mass is 32.2. The molecular weight excluding hydrogens is 196 g/mol. The smallest absolute Gasteiger partial charge is 0.233 e. The molecule has 1 aliphatic rings. The fourth-order valence-corrected chi connectivity index (χ4v) is 2.71. The summed E-state index contributed by atoms with van der Waals surface area (Å²) in [5, 5.41) is 6.78. The fourth-order valence-electron chi connectivity index (χ4n) is 1.48. The Hall–Kier alpha value is -0.220. The number of nitrogens with one attached hydrogen (secondary N) is 2. The van der Waals surface area contributed by atoms with Gasteiger partial charge in [-0.1, -0.05) is 6.92 Å². The maximum Gasteiger partial charge on any atom is 0.233 e. The van der Waals surface area contributed by atoms with Crippen molar-refractivity contribution in [2.45, 2.75) is 31.4 Å². The molecule has 0 bridgehead atoms. The van der Waals surface area contributed by atoms with E-state index in [4.69, 9.17) is 0 Å². The zero-order valence-corrected chi connectivity index (χ0v) is 9.66. The number of thioether (sulfide) groups is 1. The largest absolute Gasteiger partial charge is 0.355 e. The van der Waals surface area contributed by atoms with Gasteiger partial charge in [-0.3, -0.25) is 4.79 Å². The number of hydrogen-bond acceptors (Lipinski definition) is 3.